The van der Waals surface area contributed by atoms with Gasteiger partial charge >= 0.3 is 0 Å². The van der Waals surface area contributed by atoms with Gasteiger partial charge in [0.05, 0.1) is 0 Å². The first-order valence-corrected chi connectivity index (χ1v) is 4.33. The lowest BCUT2D eigenvalue weighted by Gasteiger charge is -1.87. The molecule has 0 unspecified atom stereocenters. The fourth-order valence-electron chi connectivity index (χ4n) is 1.07. The van der Waals surface area contributed by atoms with Gasteiger partial charge in [-0.2, -0.15) is 4.98 Å². The molecule has 0 bridgehead atoms. The minimum atomic E-state index is 0.123. The molecule has 0 fully saturated rings. The largest absolute Gasteiger partial charge is 0.396 e. The number of H-pyrrole nitrogens is 1. The summed E-state index contributed by atoms with van der Waals surface area (Å²) in [5.41, 5.74) is 0. The van der Waals surface area contributed by atoms with Crippen LogP contribution in [0, 0.1) is 0 Å². The Balaban J connectivity index is 2.10. The summed E-state index contributed by atoms with van der Waals surface area (Å²) >= 11 is 0. The maximum atomic E-state index is 8.61. The standard InChI is InChI=1S/C8H10N4O2/c13-5-1-2-6-11-8(12-14-6)7-9-3-4-10-7/h3-4,13H,1-2,5H2,(H,9,10). The van der Waals surface area contributed by atoms with Crippen molar-refractivity contribution in [3.05, 3.63) is 18.3 Å². The molecule has 74 valence electrons. The zero-order chi connectivity index (χ0) is 9.80. The van der Waals surface area contributed by atoms with Gasteiger partial charge in [0.1, 0.15) is 0 Å². The molecule has 0 radical (unpaired) electrons. The van der Waals surface area contributed by atoms with Crippen molar-refractivity contribution in [2.75, 3.05) is 6.61 Å². The minimum Gasteiger partial charge on any atom is -0.396 e. The van der Waals surface area contributed by atoms with Gasteiger partial charge in [-0.25, -0.2) is 4.98 Å². The lowest BCUT2D eigenvalue weighted by atomic mass is 10.3. The van der Waals surface area contributed by atoms with Gasteiger partial charge in [0.25, 0.3) is 0 Å². The number of aliphatic hydroxyl groups excluding tert-OH is 1. The molecule has 0 atom stereocenters. The average molecular weight is 194 g/mol. The van der Waals surface area contributed by atoms with Crippen molar-refractivity contribution in [1.82, 2.24) is 20.1 Å². The predicted octanol–water partition coefficient (Wildman–Crippen LogP) is 0.385. The van der Waals surface area contributed by atoms with Crippen LogP contribution in [0.1, 0.15) is 12.3 Å². The van der Waals surface area contributed by atoms with E-state index in [4.69, 9.17) is 9.63 Å². The van der Waals surface area contributed by atoms with E-state index in [-0.39, 0.29) is 6.61 Å². The molecule has 0 aliphatic carbocycles. The second-order valence-corrected chi connectivity index (χ2v) is 2.78. The van der Waals surface area contributed by atoms with Crippen molar-refractivity contribution in [2.24, 2.45) is 0 Å². The first-order chi connectivity index (χ1) is 6.90. The molecule has 0 aliphatic rings. The first-order valence-electron chi connectivity index (χ1n) is 4.33. The number of imidazole rings is 1. The lowest BCUT2D eigenvalue weighted by molar-refractivity contribution is 0.278. The molecular weight excluding hydrogens is 184 g/mol. The van der Waals surface area contributed by atoms with Gasteiger partial charge in [-0.15, -0.1) is 0 Å². The second-order valence-electron chi connectivity index (χ2n) is 2.78. The summed E-state index contributed by atoms with van der Waals surface area (Å²) in [7, 11) is 0. The van der Waals surface area contributed by atoms with E-state index in [0.29, 0.717) is 30.4 Å². The van der Waals surface area contributed by atoms with Gasteiger partial charge in [0, 0.05) is 25.4 Å². The normalized spacial score (nSPS) is 10.6. The third-order valence-electron chi connectivity index (χ3n) is 1.73. The second kappa shape index (κ2) is 4.01. The number of rotatable bonds is 4. The Morgan fingerprint density at radius 3 is 3.14 bits per heavy atom. The van der Waals surface area contributed by atoms with Crippen LogP contribution in [0.15, 0.2) is 16.9 Å². The number of aromatic nitrogens is 4. The van der Waals surface area contributed by atoms with E-state index in [0.717, 1.165) is 0 Å². The van der Waals surface area contributed by atoms with E-state index in [2.05, 4.69) is 20.1 Å². The van der Waals surface area contributed by atoms with Crippen molar-refractivity contribution in [3.8, 4) is 11.6 Å². The summed E-state index contributed by atoms with van der Waals surface area (Å²) in [6.07, 6.45) is 4.53. The zero-order valence-electron chi connectivity index (χ0n) is 7.47. The van der Waals surface area contributed by atoms with E-state index in [1.165, 1.54) is 0 Å². The van der Waals surface area contributed by atoms with Crippen LogP contribution in [0.2, 0.25) is 0 Å². The number of aryl methyl sites for hydroxylation is 1. The Bertz CT molecular complexity index is 382. The van der Waals surface area contributed by atoms with Gasteiger partial charge in [0.2, 0.25) is 11.7 Å². The molecule has 2 heterocycles. The SMILES string of the molecule is OCCCc1nc(-c2ncc[nH]2)no1. The van der Waals surface area contributed by atoms with Crippen LogP contribution in [-0.4, -0.2) is 31.8 Å². The highest BCUT2D eigenvalue weighted by Crippen LogP contribution is 2.10. The topological polar surface area (TPSA) is 87.8 Å². The highest BCUT2D eigenvalue weighted by Gasteiger charge is 2.09. The Labute approximate surface area is 80.0 Å². The molecule has 0 aromatic carbocycles. The van der Waals surface area contributed by atoms with Crippen molar-refractivity contribution < 1.29 is 9.63 Å². The molecule has 14 heavy (non-hydrogen) atoms. The molecule has 6 heteroatoms. The van der Waals surface area contributed by atoms with Crippen LogP contribution in [0.5, 0.6) is 0 Å². The monoisotopic (exact) mass is 194 g/mol. The van der Waals surface area contributed by atoms with Crippen molar-refractivity contribution in [1.29, 1.82) is 0 Å². The van der Waals surface area contributed by atoms with E-state index in [1.54, 1.807) is 12.4 Å². The number of hydrogen-bond donors (Lipinski definition) is 2. The van der Waals surface area contributed by atoms with E-state index in [9.17, 15) is 0 Å². The Hall–Kier alpha value is -1.69. The molecule has 2 aromatic rings. The molecule has 0 spiro atoms. The fraction of sp³-hybridized carbons (Fsp3) is 0.375. The van der Waals surface area contributed by atoms with Crippen LogP contribution in [0.4, 0.5) is 0 Å². The average Bonchev–Trinajstić information content (AvgIpc) is 2.85. The van der Waals surface area contributed by atoms with E-state index >= 15 is 0 Å². The van der Waals surface area contributed by atoms with Crippen LogP contribution >= 0.6 is 0 Å². The van der Waals surface area contributed by atoms with Crippen LogP contribution < -0.4 is 0 Å². The first kappa shape index (κ1) is 8.89. The molecule has 2 N–H and O–H groups in total. The van der Waals surface area contributed by atoms with Crippen LogP contribution in [0.3, 0.4) is 0 Å². The van der Waals surface area contributed by atoms with Gasteiger partial charge in [-0.1, -0.05) is 5.16 Å². The molecule has 0 amide bonds. The summed E-state index contributed by atoms with van der Waals surface area (Å²) in [5, 5.41) is 12.4. The Kier molecular flexibility index (Phi) is 2.55. The van der Waals surface area contributed by atoms with Crippen molar-refractivity contribution in [2.45, 2.75) is 12.8 Å². The lowest BCUT2D eigenvalue weighted by Crippen LogP contribution is -1.89. The Morgan fingerprint density at radius 2 is 2.43 bits per heavy atom. The van der Waals surface area contributed by atoms with Gasteiger partial charge in [-0.3, -0.25) is 0 Å². The van der Waals surface area contributed by atoms with Gasteiger partial charge in [0.15, 0.2) is 5.82 Å². The summed E-state index contributed by atoms with van der Waals surface area (Å²) < 4.78 is 4.96. The molecule has 6 nitrogen and oxygen atoms in total. The smallest absolute Gasteiger partial charge is 0.238 e. The summed E-state index contributed by atoms with van der Waals surface area (Å²) in [6, 6.07) is 0. The number of aliphatic hydroxyl groups is 1. The summed E-state index contributed by atoms with van der Waals surface area (Å²) in [4.78, 5) is 11.0. The number of nitrogens with one attached hydrogen (secondary N) is 1. The van der Waals surface area contributed by atoms with E-state index in [1.807, 2.05) is 0 Å². The van der Waals surface area contributed by atoms with Crippen molar-refractivity contribution in [3.63, 3.8) is 0 Å². The minimum absolute atomic E-state index is 0.123. The highest BCUT2D eigenvalue weighted by atomic mass is 16.5. The summed E-state index contributed by atoms with van der Waals surface area (Å²) in [6.45, 7) is 0.123. The molecule has 0 aliphatic heterocycles. The molecule has 0 saturated carbocycles. The highest BCUT2D eigenvalue weighted by molar-refractivity contribution is 5.40. The van der Waals surface area contributed by atoms with Gasteiger partial charge in [-0.05, 0) is 6.42 Å². The molecule has 0 saturated heterocycles. The molecule has 2 aromatic heterocycles. The maximum absolute atomic E-state index is 8.61. The van der Waals surface area contributed by atoms with Crippen molar-refractivity contribution >= 4 is 0 Å². The molecular formula is C8H10N4O2. The van der Waals surface area contributed by atoms with Crippen LogP contribution in [0.25, 0.3) is 11.6 Å². The number of aromatic amines is 1. The number of nitrogens with zero attached hydrogens (tertiary/aromatic N) is 3. The third kappa shape index (κ3) is 1.80. The predicted molar refractivity (Wildman–Crippen MR) is 47.3 cm³/mol. The van der Waals surface area contributed by atoms with E-state index < -0.39 is 0 Å². The summed E-state index contributed by atoms with van der Waals surface area (Å²) in [5.74, 6) is 1.55. The van der Waals surface area contributed by atoms with Gasteiger partial charge < -0.3 is 14.6 Å². The van der Waals surface area contributed by atoms with Crippen LogP contribution in [-0.2, 0) is 6.42 Å². The fourth-order valence-corrected chi connectivity index (χ4v) is 1.07. The maximum Gasteiger partial charge on any atom is 0.238 e. The zero-order valence-corrected chi connectivity index (χ0v) is 7.47. The quantitative estimate of drug-likeness (QED) is 0.734. The Morgan fingerprint density at radius 1 is 1.50 bits per heavy atom. The number of hydrogen-bond acceptors (Lipinski definition) is 5. The third-order valence-corrected chi connectivity index (χ3v) is 1.73. The molecule has 2 rings (SSSR count).